The molecule has 0 saturated heterocycles. The minimum absolute atomic E-state index is 0. The second-order valence-corrected chi connectivity index (χ2v) is 5.71. The van der Waals surface area contributed by atoms with Crippen molar-refractivity contribution < 1.29 is 19.0 Å². The predicted octanol–water partition coefficient (Wildman–Crippen LogP) is 2.65. The molecule has 8 heteroatoms. The smallest absolute Gasteiger partial charge is 0.305 e. The summed E-state index contributed by atoms with van der Waals surface area (Å²) in [7, 11) is 3.37. The fourth-order valence-corrected chi connectivity index (χ4v) is 2.25. The van der Waals surface area contributed by atoms with Gasteiger partial charge in [-0.15, -0.1) is 24.0 Å². The van der Waals surface area contributed by atoms with Gasteiger partial charge in [-0.1, -0.05) is 12.1 Å². The van der Waals surface area contributed by atoms with E-state index in [0.717, 1.165) is 16.9 Å². The zero-order valence-electron chi connectivity index (χ0n) is 16.7. The van der Waals surface area contributed by atoms with Crippen LogP contribution in [0.5, 0.6) is 5.75 Å². The molecule has 0 amide bonds. The van der Waals surface area contributed by atoms with Crippen molar-refractivity contribution in [1.82, 2.24) is 10.6 Å². The Hall–Kier alpha value is -1.55. The molecule has 2 N–H and O–H groups in total. The maximum atomic E-state index is 11.3. The lowest BCUT2D eigenvalue weighted by Gasteiger charge is -2.15. The van der Waals surface area contributed by atoms with Crippen LogP contribution in [-0.2, 0) is 20.8 Å². The number of rotatable bonds is 11. The molecule has 0 aliphatic rings. The van der Waals surface area contributed by atoms with E-state index in [4.69, 9.17) is 14.2 Å². The van der Waals surface area contributed by atoms with Crippen molar-refractivity contribution in [3.05, 3.63) is 29.3 Å². The maximum Gasteiger partial charge on any atom is 0.305 e. The number of methoxy groups -OCH3 is 1. The largest absolute Gasteiger partial charge is 0.491 e. The number of halogens is 1. The second kappa shape index (κ2) is 15.5. The number of esters is 1. The molecule has 0 spiro atoms. The SMILES string of the molecule is CCOC(=O)CCCNC(=NC)NCc1ccc(C)cc1OCCOC.I. The van der Waals surface area contributed by atoms with Crippen LogP contribution in [0.2, 0.25) is 0 Å². The van der Waals surface area contributed by atoms with Gasteiger partial charge in [0.05, 0.1) is 13.2 Å². The van der Waals surface area contributed by atoms with Crippen LogP contribution in [0.1, 0.15) is 30.9 Å². The Morgan fingerprint density at radius 3 is 2.67 bits per heavy atom. The lowest BCUT2D eigenvalue weighted by Crippen LogP contribution is -2.37. The summed E-state index contributed by atoms with van der Waals surface area (Å²) in [5.41, 5.74) is 2.18. The zero-order chi connectivity index (χ0) is 19.2. The summed E-state index contributed by atoms with van der Waals surface area (Å²) in [4.78, 5) is 15.5. The highest BCUT2D eigenvalue weighted by atomic mass is 127. The van der Waals surface area contributed by atoms with Crippen molar-refractivity contribution in [2.45, 2.75) is 33.2 Å². The van der Waals surface area contributed by atoms with Crippen molar-refractivity contribution >= 4 is 35.9 Å². The number of benzene rings is 1. The number of nitrogens with zero attached hydrogens (tertiary/aromatic N) is 1. The number of guanidine groups is 1. The van der Waals surface area contributed by atoms with Gasteiger partial charge in [-0.05, 0) is 31.9 Å². The monoisotopic (exact) mass is 493 g/mol. The van der Waals surface area contributed by atoms with E-state index >= 15 is 0 Å². The van der Waals surface area contributed by atoms with Crippen LogP contribution in [0, 0.1) is 6.92 Å². The van der Waals surface area contributed by atoms with Crippen LogP contribution in [0.15, 0.2) is 23.2 Å². The molecule has 154 valence electrons. The standard InChI is InChI=1S/C19H31N3O4.HI/c1-5-25-18(23)7-6-10-21-19(20-3)22-14-16-9-8-15(2)13-17(16)26-12-11-24-4;/h8-9,13H,5-7,10-12,14H2,1-4H3,(H2,20,21,22);1H. The maximum absolute atomic E-state index is 11.3. The van der Waals surface area contributed by atoms with Gasteiger partial charge in [0.25, 0.3) is 0 Å². The summed E-state index contributed by atoms with van der Waals surface area (Å²) < 4.78 is 15.7. The highest BCUT2D eigenvalue weighted by Crippen LogP contribution is 2.20. The summed E-state index contributed by atoms with van der Waals surface area (Å²) in [5.74, 6) is 1.35. The number of hydrogen-bond donors (Lipinski definition) is 2. The minimum atomic E-state index is -0.172. The summed E-state index contributed by atoms with van der Waals surface area (Å²) in [6.45, 7) is 6.54. The van der Waals surface area contributed by atoms with Gasteiger partial charge in [0, 0.05) is 39.2 Å². The molecule has 1 aromatic rings. The molecule has 0 unspecified atom stereocenters. The first kappa shape index (κ1) is 25.4. The normalized spacial score (nSPS) is 10.7. The first-order chi connectivity index (χ1) is 12.6. The number of aryl methyl sites for hydroxylation is 1. The molecule has 27 heavy (non-hydrogen) atoms. The predicted molar refractivity (Wildman–Crippen MR) is 118 cm³/mol. The summed E-state index contributed by atoms with van der Waals surface area (Å²) >= 11 is 0. The Labute approximate surface area is 179 Å². The third-order valence-corrected chi connectivity index (χ3v) is 3.59. The highest BCUT2D eigenvalue weighted by molar-refractivity contribution is 14.0. The van der Waals surface area contributed by atoms with Gasteiger partial charge in [0.2, 0.25) is 0 Å². The Balaban J connectivity index is 0.00000676. The Morgan fingerprint density at radius 2 is 2.00 bits per heavy atom. The molecule has 0 radical (unpaired) electrons. The molecular weight excluding hydrogens is 461 g/mol. The van der Waals surface area contributed by atoms with Gasteiger partial charge in [0.1, 0.15) is 12.4 Å². The molecule has 0 bridgehead atoms. The van der Waals surface area contributed by atoms with Crippen molar-refractivity contribution in [3.63, 3.8) is 0 Å². The van der Waals surface area contributed by atoms with Crippen molar-refractivity contribution in [2.24, 2.45) is 4.99 Å². The second-order valence-electron chi connectivity index (χ2n) is 5.71. The number of aliphatic imine (C=N–C) groups is 1. The van der Waals surface area contributed by atoms with E-state index in [1.807, 2.05) is 19.1 Å². The van der Waals surface area contributed by atoms with Crippen LogP contribution >= 0.6 is 24.0 Å². The van der Waals surface area contributed by atoms with E-state index < -0.39 is 0 Å². The zero-order valence-corrected chi connectivity index (χ0v) is 19.0. The number of carbonyl (C=O) groups excluding carboxylic acids is 1. The van der Waals surface area contributed by atoms with E-state index in [0.29, 0.717) is 51.7 Å². The molecule has 7 nitrogen and oxygen atoms in total. The van der Waals surface area contributed by atoms with Crippen LogP contribution in [0.4, 0.5) is 0 Å². The van der Waals surface area contributed by atoms with Gasteiger partial charge in [-0.3, -0.25) is 9.79 Å². The molecule has 0 aromatic heterocycles. The van der Waals surface area contributed by atoms with Crippen LogP contribution in [-0.4, -0.2) is 52.5 Å². The summed E-state index contributed by atoms with van der Waals surface area (Å²) in [6, 6.07) is 6.11. The van der Waals surface area contributed by atoms with Crippen molar-refractivity contribution in [2.75, 3.05) is 40.5 Å². The van der Waals surface area contributed by atoms with Crippen molar-refractivity contribution in [3.8, 4) is 5.75 Å². The fourth-order valence-electron chi connectivity index (χ4n) is 2.25. The minimum Gasteiger partial charge on any atom is -0.491 e. The Morgan fingerprint density at radius 1 is 1.22 bits per heavy atom. The first-order valence-corrected chi connectivity index (χ1v) is 8.92. The number of carbonyl (C=O) groups is 1. The van der Waals surface area contributed by atoms with E-state index in [1.165, 1.54) is 0 Å². The summed E-state index contributed by atoms with van der Waals surface area (Å²) in [6.07, 6.45) is 1.09. The van der Waals surface area contributed by atoms with Crippen LogP contribution in [0.3, 0.4) is 0 Å². The Bertz CT molecular complexity index is 582. The lowest BCUT2D eigenvalue weighted by molar-refractivity contribution is -0.143. The molecule has 1 aromatic carbocycles. The quantitative estimate of drug-likeness (QED) is 0.162. The number of hydrogen-bond acceptors (Lipinski definition) is 5. The van der Waals surface area contributed by atoms with Crippen molar-refractivity contribution in [1.29, 1.82) is 0 Å². The van der Waals surface area contributed by atoms with E-state index in [9.17, 15) is 4.79 Å². The fraction of sp³-hybridized carbons (Fsp3) is 0.579. The van der Waals surface area contributed by atoms with E-state index in [2.05, 4.69) is 21.7 Å². The van der Waals surface area contributed by atoms with Crippen LogP contribution < -0.4 is 15.4 Å². The third-order valence-electron chi connectivity index (χ3n) is 3.59. The van der Waals surface area contributed by atoms with Gasteiger partial charge in [-0.2, -0.15) is 0 Å². The molecule has 0 saturated carbocycles. The molecule has 0 aliphatic heterocycles. The molecular formula is C19H32IN3O4. The Kier molecular flexibility index (Phi) is 14.6. The molecule has 0 heterocycles. The molecule has 0 atom stereocenters. The van der Waals surface area contributed by atoms with Gasteiger partial charge >= 0.3 is 5.97 Å². The molecule has 0 aliphatic carbocycles. The number of ether oxygens (including phenoxy) is 3. The topological polar surface area (TPSA) is 81.2 Å². The first-order valence-electron chi connectivity index (χ1n) is 8.92. The average molecular weight is 493 g/mol. The molecule has 1 rings (SSSR count). The number of nitrogens with one attached hydrogen (secondary N) is 2. The average Bonchev–Trinajstić information content (AvgIpc) is 2.63. The van der Waals surface area contributed by atoms with E-state index in [1.54, 1.807) is 21.1 Å². The summed E-state index contributed by atoms with van der Waals surface area (Å²) in [5, 5.41) is 6.45. The van der Waals surface area contributed by atoms with Crippen LogP contribution in [0.25, 0.3) is 0 Å². The highest BCUT2D eigenvalue weighted by Gasteiger charge is 2.06. The van der Waals surface area contributed by atoms with Gasteiger partial charge < -0.3 is 24.8 Å². The third kappa shape index (κ3) is 11.0. The lowest BCUT2D eigenvalue weighted by atomic mass is 10.1. The van der Waals surface area contributed by atoms with Gasteiger partial charge in [0.15, 0.2) is 5.96 Å². The van der Waals surface area contributed by atoms with E-state index in [-0.39, 0.29) is 29.9 Å². The molecule has 0 fully saturated rings. The van der Waals surface area contributed by atoms with Gasteiger partial charge in [-0.25, -0.2) is 0 Å².